The molecule has 3 N–H and O–H groups in total. The van der Waals surface area contributed by atoms with Gasteiger partial charge in [0, 0.05) is 12.0 Å². The van der Waals surface area contributed by atoms with Crippen LogP contribution in [0.2, 0.25) is 0 Å². The molecule has 27 heavy (non-hydrogen) atoms. The summed E-state index contributed by atoms with van der Waals surface area (Å²) < 4.78 is -1.63. The highest BCUT2D eigenvalue weighted by Gasteiger charge is 2.37. The standard InChI is InChI=1S/C21H19Cl3N2O/c22-21(23,24)20(25-14-13-15-7-2-1-3-8-15)26-19(27)18-12-6-10-16-9-4-5-11-17(16)18/h1-12,20,25H,13-14H2,(H,26,27)/p+1/t20-/m1/s1. The first-order chi connectivity index (χ1) is 12.9. The summed E-state index contributed by atoms with van der Waals surface area (Å²) in [6, 6.07) is 23.3. The fourth-order valence-corrected chi connectivity index (χ4v) is 3.41. The van der Waals surface area contributed by atoms with E-state index in [1.165, 1.54) is 5.56 Å². The Hall–Kier alpha value is -1.78. The maximum atomic E-state index is 12.8. The Morgan fingerprint density at radius 2 is 1.59 bits per heavy atom. The van der Waals surface area contributed by atoms with Crippen LogP contribution in [0.3, 0.4) is 0 Å². The van der Waals surface area contributed by atoms with Crippen LogP contribution in [0, 0.1) is 0 Å². The van der Waals surface area contributed by atoms with Crippen LogP contribution in [0.15, 0.2) is 72.8 Å². The van der Waals surface area contributed by atoms with Crippen molar-refractivity contribution in [2.24, 2.45) is 0 Å². The molecule has 0 aliphatic carbocycles. The molecule has 0 unspecified atom stereocenters. The van der Waals surface area contributed by atoms with E-state index >= 15 is 0 Å². The fourth-order valence-electron chi connectivity index (χ4n) is 2.98. The highest BCUT2D eigenvalue weighted by molar-refractivity contribution is 6.68. The predicted octanol–water partition coefficient (Wildman–Crippen LogP) is 4.07. The Labute approximate surface area is 173 Å². The topological polar surface area (TPSA) is 45.7 Å². The normalized spacial score (nSPS) is 12.7. The number of benzene rings is 3. The average molecular weight is 423 g/mol. The molecule has 3 nitrogen and oxygen atoms in total. The number of alkyl halides is 3. The van der Waals surface area contributed by atoms with Crippen LogP contribution in [0.25, 0.3) is 10.8 Å². The summed E-state index contributed by atoms with van der Waals surface area (Å²) in [4.78, 5) is 12.8. The third kappa shape index (κ3) is 5.36. The average Bonchev–Trinajstić information content (AvgIpc) is 2.66. The number of hydrogen-bond donors (Lipinski definition) is 2. The molecule has 0 aromatic heterocycles. The van der Waals surface area contributed by atoms with Crippen LogP contribution in [0.4, 0.5) is 0 Å². The van der Waals surface area contributed by atoms with Crippen molar-refractivity contribution in [1.82, 2.24) is 5.32 Å². The first-order valence-electron chi connectivity index (χ1n) is 8.68. The van der Waals surface area contributed by atoms with Gasteiger partial charge in [0.15, 0.2) is 0 Å². The van der Waals surface area contributed by atoms with E-state index in [0.717, 1.165) is 17.2 Å². The molecule has 0 radical (unpaired) electrons. The molecule has 0 spiro atoms. The molecule has 3 aromatic rings. The Balaban J connectivity index is 1.71. The SMILES string of the molecule is O=C(N[C@@H]([NH2+]CCc1ccccc1)C(Cl)(Cl)Cl)c1cccc2ccccc12. The molecule has 0 saturated carbocycles. The lowest BCUT2D eigenvalue weighted by molar-refractivity contribution is -0.691. The van der Waals surface area contributed by atoms with Gasteiger partial charge in [-0.1, -0.05) is 102 Å². The minimum absolute atomic E-state index is 0.265. The number of carbonyl (C=O) groups excluding carboxylic acids is 1. The monoisotopic (exact) mass is 421 g/mol. The molecule has 1 amide bonds. The van der Waals surface area contributed by atoms with E-state index in [4.69, 9.17) is 34.8 Å². The molecule has 3 rings (SSSR count). The smallest absolute Gasteiger partial charge is 0.262 e. The van der Waals surface area contributed by atoms with Gasteiger partial charge in [-0.2, -0.15) is 0 Å². The number of halogens is 3. The second-order valence-corrected chi connectivity index (χ2v) is 8.65. The summed E-state index contributed by atoms with van der Waals surface area (Å²) >= 11 is 18.3. The van der Waals surface area contributed by atoms with Crippen molar-refractivity contribution in [2.75, 3.05) is 6.54 Å². The number of fused-ring (bicyclic) bond motifs is 1. The van der Waals surface area contributed by atoms with Gasteiger partial charge in [-0.3, -0.25) is 10.1 Å². The molecule has 3 aromatic carbocycles. The lowest BCUT2D eigenvalue weighted by Crippen LogP contribution is -2.96. The highest BCUT2D eigenvalue weighted by atomic mass is 35.6. The largest absolute Gasteiger partial charge is 0.323 e. The number of nitrogens with one attached hydrogen (secondary N) is 1. The van der Waals surface area contributed by atoms with Gasteiger partial charge >= 0.3 is 0 Å². The van der Waals surface area contributed by atoms with Crippen LogP contribution in [0.5, 0.6) is 0 Å². The number of amides is 1. The van der Waals surface area contributed by atoms with Gasteiger partial charge in [0.2, 0.25) is 6.17 Å². The minimum Gasteiger partial charge on any atom is -0.323 e. The number of nitrogens with two attached hydrogens (primary N) is 1. The zero-order valence-electron chi connectivity index (χ0n) is 14.5. The minimum atomic E-state index is -1.63. The fraction of sp³-hybridized carbons (Fsp3) is 0.190. The molecular formula is C21H20Cl3N2O+. The van der Waals surface area contributed by atoms with Gasteiger partial charge in [-0.15, -0.1) is 0 Å². The third-order valence-corrected chi connectivity index (χ3v) is 5.06. The zero-order chi connectivity index (χ0) is 19.3. The second-order valence-electron chi connectivity index (χ2n) is 6.28. The van der Waals surface area contributed by atoms with Gasteiger partial charge in [0.05, 0.1) is 6.54 Å². The summed E-state index contributed by atoms with van der Waals surface area (Å²) in [5, 5.41) is 6.57. The zero-order valence-corrected chi connectivity index (χ0v) is 16.8. The molecule has 0 aliphatic rings. The molecule has 6 heteroatoms. The molecule has 0 heterocycles. The third-order valence-electron chi connectivity index (χ3n) is 4.35. The van der Waals surface area contributed by atoms with Gasteiger partial charge in [0.25, 0.3) is 9.70 Å². The first-order valence-corrected chi connectivity index (χ1v) is 9.81. The Morgan fingerprint density at radius 1 is 0.926 bits per heavy atom. The van der Waals surface area contributed by atoms with Crippen molar-refractivity contribution in [3.05, 3.63) is 83.9 Å². The number of hydrogen-bond acceptors (Lipinski definition) is 1. The van der Waals surface area contributed by atoms with Gasteiger partial charge < -0.3 is 5.32 Å². The Morgan fingerprint density at radius 3 is 2.33 bits per heavy atom. The summed E-state index contributed by atoms with van der Waals surface area (Å²) in [7, 11) is 0. The van der Waals surface area contributed by atoms with E-state index in [2.05, 4.69) is 5.32 Å². The van der Waals surface area contributed by atoms with E-state index in [9.17, 15) is 4.79 Å². The van der Waals surface area contributed by atoms with E-state index in [-0.39, 0.29) is 5.91 Å². The quantitative estimate of drug-likeness (QED) is 0.456. The first kappa shape index (κ1) is 20.0. The van der Waals surface area contributed by atoms with Crippen molar-refractivity contribution in [2.45, 2.75) is 16.4 Å². The molecule has 0 saturated heterocycles. The molecule has 0 aliphatic heterocycles. The molecule has 0 fully saturated rings. The Bertz CT molecular complexity index is 905. The predicted molar refractivity (Wildman–Crippen MR) is 112 cm³/mol. The van der Waals surface area contributed by atoms with Gasteiger partial charge in [-0.05, 0) is 22.4 Å². The maximum Gasteiger partial charge on any atom is 0.262 e. The van der Waals surface area contributed by atoms with Gasteiger partial charge in [0.1, 0.15) is 0 Å². The molecule has 1 atom stereocenters. The van der Waals surface area contributed by atoms with Crippen LogP contribution < -0.4 is 10.6 Å². The van der Waals surface area contributed by atoms with Crippen molar-refractivity contribution in [3.8, 4) is 0 Å². The van der Waals surface area contributed by atoms with Crippen LogP contribution in [-0.2, 0) is 6.42 Å². The molecule has 140 valence electrons. The van der Waals surface area contributed by atoms with E-state index < -0.39 is 9.96 Å². The maximum absolute atomic E-state index is 12.8. The van der Waals surface area contributed by atoms with Gasteiger partial charge in [-0.25, -0.2) is 0 Å². The number of carbonyl (C=O) groups is 1. The van der Waals surface area contributed by atoms with Crippen molar-refractivity contribution < 1.29 is 10.1 Å². The summed E-state index contributed by atoms with van der Waals surface area (Å²) in [5.74, 6) is -0.265. The second kappa shape index (κ2) is 8.94. The van der Waals surface area contributed by atoms with Crippen LogP contribution in [-0.4, -0.2) is 22.4 Å². The van der Waals surface area contributed by atoms with E-state index in [0.29, 0.717) is 12.1 Å². The lowest BCUT2D eigenvalue weighted by Gasteiger charge is -2.23. The number of rotatable bonds is 6. The lowest BCUT2D eigenvalue weighted by atomic mass is 10.0. The van der Waals surface area contributed by atoms with Crippen molar-refractivity contribution in [3.63, 3.8) is 0 Å². The summed E-state index contributed by atoms with van der Waals surface area (Å²) in [6.45, 7) is 0.679. The van der Waals surface area contributed by atoms with Crippen molar-refractivity contribution >= 4 is 51.5 Å². The van der Waals surface area contributed by atoms with Crippen LogP contribution in [0.1, 0.15) is 15.9 Å². The van der Waals surface area contributed by atoms with E-state index in [1.54, 1.807) is 6.07 Å². The molecular weight excluding hydrogens is 403 g/mol. The summed E-state index contributed by atoms with van der Waals surface area (Å²) in [5.41, 5.74) is 1.75. The summed E-state index contributed by atoms with van der Waals surface area (Å²) in [6.07, 6.45) is 0.111. The van der Waals surface area contributed by atoms with E-state index in [1.807, 2.05) is 72.0 Å². The number of quaternary nitrogens is 1. The Kier molecular flexibility index (Phi) is 6.61. The highest BCUT2D eigenvalue weighted by Crippen LogP contribution is 2.28. The van der Waals surface area contributed by atoms with Crippen LogP contribution >= 0.6 is 34.8 Å². The van der Waals surface area contributed by atoms with Crippen molar-refractivity contribution in [1.29, 1.82) is 0 Å². The molecule has 0 bridgehead atoms.